The summed E-state index contributed by atoms with van der Waals surface area (Å²) in [6.45, 7) is 3.43. The lowest BCUT2D eigenvalue weighted by atomic mass is 10.1. The number of hydrogen-bond donors (Lipinski definition) is 1. The highest BCUT2D eigenvalue weighted by atomic mass is 35.5. The third-order valence-electron chi connectivity index (χ3n) is 2.60. The molecule has 0 amide bonds. The Balaban J connectivity index is 2.25. The van der Waals surface area contributed by atoms with E-state index in [1.54, 1.807) is 13.8 Å². The fraction of sp³-hybridized carbons (Fsp3) is 0.250. The summed E-state index contributed by atoms with van der Waals surface area (Å²) in [6, 6.07) is 9.06. The summed E-state index contributed by atoms with van der Waals surface area (Å²) in [5.74, 6) is 0. The van der Waals surface area contributed by atoms with Gasteiger partial charge >= 0.3 is 0 Å². The molecule has 7 heteroatoms. The Kier molecular flexibility index (Phi) is 4.25. The van der Waals surface area contributed by atoms with Crippen LogP contribution in [0.4, 0.5) is 0 Å². The van der Waals surface area contributed by atoms with E-state index in [0.717, 1.165) is 16.9 Å². The molecule has 1 N–H and O–H groups in total. The lowest BCUT2D eigenvalue weighted by molar-refractivity contribution is 0.568. The molecule has 0 aliphatic heterocycles. The maximum absolute atomic E-state index is 12.3. The quantitative estimate of drug-likeness (QED) is 0.942. The van der Waals surface area contributed by atoms with Crippen LogP contribution in [-0.2, 0) is 10.0 Å². The van der Waals surface area contributed by atoms with Crippen molar-refractivity contribution in [1.29, 1.82) is 0 Å². The van der Waals surface area contributed by atoms with Crippen LogP contribution in [0.5, 0.6) is 0 Å². The standard InChI is InChI=1S/C12H13ClN2O2S2/c1-8(10-6-4-3-5-7-10)15-19(16,17)11-9(2)14-12(13)18-11/h3-8,15H,1-2H3/t8-/m1/s1. The molecule has 1 heterocycles. The predicted molar refractivity (Wildman–Crippen MR) is 77.0 cm³/mol. The molecule has 0 aliphatic rings. The number of nitrogens with zero attached hydrogens (tertiary/aromatic N) is 1. The van der Waals surface area contributed by atoms with Crippen molar-refractivity contribution in [2.24, 2.45) is 0 Å². The fourth-order valence-electron chi connectivity index (χ4n) is 1.70. The Morgan fingerprint density at radius 2 is 1.95 bits per heavy atom. The van der Waals surface area contributed by atoms with Crippen molar-refractivity contribution in [1.82, 2.24) is 9.71 Å². The third-order valence-corrected chi connectivity index (χ3v) is 6.02. The molecule has 0 unspecified atom stereocenters. The van der Waals surface area contributed by atoms with Crippen LogP contribution in [0.1, 0.15) is 24.2 Å². The molecule has 0 fully saturated rings. The van der Waals surface area contributed by atoms with Gasteiger partial charge in [-0.05, 0) is 19.4 Å². The lowest BCUT2D eigenvalue weighted by Gasteiger charge is -2.13. The van der Waals surface area contributed by atoms with Gasteiger partial charge in [-0.2, -0.15) is 0 Å². The van der Waals surface area contributed by atoms with Crippen LogP contribution in [0, 0.1) is 6.92 Å². The van der Waals surface area contributed by atoms with Crippen molar-refractivity contribution in [3.05, 3.63) is 46.1 Å². The molecule has 1 aromatic heterocycles. The van der Waals surface area contributed by atoms with Gasteiger partial charge in [-0.15, -0.1) is 0 Å². The zero-order valence-corrected chi connectivity index (χ0v) is 12.8. The zero-order chi connectivity index (χ0) is 14.0. The van der Waals surface area contributed by atoms with Crippen LogP contribution in [-0.4, -0.2) is 13.4 Å². The molecule has 0 radical (unpaired) electrons. The summed E-state index contributed by atoms with van der Waals surface area (Å²) in [7, 11) is -3.60. The molecular formula is C12H13ClN2O2S2. The van der Waals surface area contributed by atoms with E-state index in [2.05, 4.69) is 9.71 Å². The maximum atomic E-state index is 12.3. The van der Waals surface area contributed by atoms with E-state index >= 15 is 0 Å². The van der Waals surface area contributed by atoms with Gasteiger partial charge in [0.25, 0.3) is 10.0 Å². The minimum Gasteiger partial charge on any atom is -0.229 e. The van der Waals surface area contributed by atoms with E-state index < -0.39 is 10.0 Å². The number of aromatic nitrogens is 1. The monoisotopic (exact) mass is 316 g/mol. The van der Waals surface area contributed by atoms with Crippen molar-refractivity contribution in [2.75, 3.05) is 0 Å². The molecule has 1 atom stereocenters. The number of hydrogen-bond acceptors (Lipinski definition) is 4. The number of aryl methyl sites for hydroxylation is 1. The van der Waals surface area contributed by atoms with Gasteiger partial charge in [0.05, 0.1) is 5.69 Å². The van der Waals surface area contributed by atoms with Gasteiger partial charge in [-0.3, -0.25) is 0 Å². The second-order valence-electron chi connectivity index (χ2n) is 4.09. The Morgan fingerprint density at radius 1 is 1.32 bits per heavy atom. The van der Waals surface area contributed by atoms with Gasteiger partial charge in [-0.1, -0.05) is 53.3 Å². The Labute approximate surface area is 121 Å². The van der Waals surface area contributed by atoms with E-state index in [4.69, 9.17) is 11.6 Å². The molecule has 1 aromatic carbocycles. The number of sulfonamides is 1. The van der Waals surface area contributed by atoms with E-state index in [1.807, 2.05) is 30.3 Å². The molecule has 2 aromatic rings. The maximum Gasteiger partial charge on any atom is 0.252 e. The molecular weight excluding hydrogens is 304 g/mol. The zero-order valence-electron chi connectivity index (χ0n) is 10.4. The summed E-state index contributed by atoms with van der Waals surface area (Å²) in [5.41, 5.74) is 1.32. The van der Waals surface area contributed by atoms with Gasteiger partial charge < -0.3 is 0 Å². The summed E-state index contributed by atoms with van der Waals surface area (Å²) in [6.07, 6.45) is 0. The molecule has 0 aliphatic carbocycles. The van der Waals surface area contributed by atoms with Crippen molar-refractivity contribution in [2.45, 2.75) is 24.1 Å². The number of thiazole rings is 1. The van der Waals surface area contributed by atoms with E-state index in [1.165, 1.54) is 0 Å². The van der Waals surface area contributed by atoms with Crippen LogP contribution < -0.4 is 4.72 Å². The first-order valence-corrected chi connectivity index (χ1v) is 8.28. The summed E-state index contributed by atoms with van der Waals surface area (Å²) in [4.78, 5) is 3.92. The van der Waals surface area contributed by atoms with Crippen LogP contribution in [0.25, 0.3) is 0 Å². The van der Waals surface area contributed by atoms with E-state index in [9.17, 15) is 8.42 Å². The van der Waals surface area contributed by atoms with Gasteiger partial charge in [0, 0.05) is 6.04 Å². The van der Waals surface area contributed by atoms with E-state index in [0.29, 0.717) is 5.69 Å². The van der Waals surface area contributed by atoms with Crippen molar-refractivity contribution in [3.8, 4) is 0 Å². The molecule has 0 saturated carbocycles. The van der Waals surface area contributed by atoms with Crippen molar-refractivity contribution >= 4 is 33.0 Å². The lowest BCUT2D eigenvalue weighted by Crippen LogP contribution is -2.26. The highest BCUT2D eigenvalue weighted by molar-refractivity contribution is 7.91. The summed E-state index contributed by atoms with van der Waals surface area (Å²) >= 11 is 6.70. The predicted octanol–water partition coefficient (Wildman–Crippen LogP) is 3.14. The van der Waals surface area contributed by atoms with E-state index in [-0.39, 0.29) is 14.7 Å². The SMILES string of the molecule is Cc1nc(Cl)sc1S(=O)(=O)N[C@H](C)c1ccccc1. The average molecular weight is 317 g/mol. The summed E-state index contributed by atoms with van der Waals surface area (Å²) in [5, 5.41) is 0. The number of halogens is 1. The Hall–Kier alpha value is -0.950. The smallest absolute Gasteiger partial charge is 0.229 e. The second kappa shape index (κ2) is 5.58. The van der Waals surface area contributed by atoms with Gasteiger partial charge in [-0.25, -0.2) is 18.1 Å². The molecule has 0 saturated heterocycles. The minimum atomic E-state index is -3.60. The third kappa shape index (κ3) is 3.33. The largest absolute Gasteiger partial charge is 0.252 e. The average Bonchev–Trinajstić information content (AvgIpc) is 2.70. The van der Waals surface area contributed by atoms with Crippen LogP contribution in [0.3, 0.4) is 0 Å². The van der Waals surface area contributed by atoms with Crippen LogP contribution >= 0.6 is 22.9 Å². The van der Waals surface area contributed by atoms with Crippen molar-refractivity contribution in [3.63, 3.8) is 0 Å². The Bertz CT molecular complexity index is 668. The first-order valence-electron chi connectivity index (χ1n) is 5.60. The first kappa shape index (κ1) is 14.5. The number of nitrogens with one attached hydrogen (secondary N) is 1. The molecule has 102 valence electrons. The highest BCUT2D eigenvalue weighted by Gasteiger charge is 2.23. The molecule has 0 spiro atoms. The minimum absolute atomic E-state index is 0.167. The van der Waals surface area contributed by atoms with Gasteiger partial charge in [0.15, 0.2) is 8.68 Å². The molecule has 0 bridgehead atoms. The molecule has 2 rings (SSSR count). The number of benzene rings is 1. The number of rotatable bonds is 4. The summed E-state index contributed by atoms with van der Waals surface area (Å²) < 4.78 is 27.5. The van der Waals surface area contributed by atoms with Crippen molar-refractivity contribution < 1.29 is 8.42 Å². The van der Waals surface area contributed by atoms with Crippen LogP contribution in [0.2, 0.25) is 4.47 Å². The van der Waals surface area contributed by atoms with Gasteiger partial charge in [0.2, 0.25) is 0 Å². The van der Waals surface area contributed by atoms with Gasteiger partial charge in [0.1, 0.15) is 0 Å². The normalized spacial score (nSPS) is 13.4. The Morgan fingerprint density at radius 3 is 2.47 bits per heavy atom. The highest BCUT2D eigenvalue weighted by Crippen LogP contribution is 2.27. The molecule has 4 nitrogen and oxygen atoms in total. The molecule has 19 heavy (non-hydrogen) atoms. The van der Waals surface area contributed by atoms with Crippen LogP contribution in [0.15, 0.2) is 34.5 Å². The first-order chi connectivity index (χ1) is 8.90. The fourth-order valence-corrected chi connectivity index (χ4v) is 4.68. The second-order valence-corrected chi connectivity index (χ2v) is 7.58. The topological polar surface area (TPSA) is 59.1 Å².